The molecule has 0 saturated carbocycles. The average molecular weight is 434 g/mol. The molecule has 1 aromatic carbocycles. The summed E-state index contributed by atoms with van der Waals surface area (Å²) in [5, 5.41) is 23.9. The molecule has 0 spiro atoms. The van der Waals surface area contributed by atoms with E-state index in [9.17, 15) is 15.2 Å². The van der Waals surface area contributed by atoms with Gasteiger partial charge in [-0.3, -0.25) is 15.1 Å². The summed E-state index contributed by atoms with van der Waals surface area (Å²) < 4.78 is 5.40. The van der Waals surface area contributed by atoms with Crippen LogP contribution in [0, 0.1) is 10.1 Å². The highest BCUT2D eigenvalue weighted by atomic mass is 16.6. The highest BCUT2D eigenvalue weighted by Crippen LogP contribution is 2.22. The summed E-state index contributed by atoms with van der Waals surface area (Å²) in [6.07, 6.45) is 3.70. The minimum Gasteiger partial charge on any atom is -0.378 e. The normalized spacial score (nSPS) is 21.8. The van der Waals surface area contributed by atoms with E-state index in [2.05, 4.69) is 33.9 Å². The second kappa shape index (κ2) is 12.5. The number of nitrogens with one attached hydrogen (secondary N) is 1. The SMILES string of the molecule is C=N/C(=C\N(C)CCNCc1ccc([N+](=O)[O-])cc1)CCN(C)[C@H]1C[C@@H](C)O[C@@H](O)C1. The Labute approximate surface area is 184 Å². The molecule has 0 bridgehead atoms. The molecule has 0 amide bonds. The summed E-state index contributed by atoms with van der Waals surface area (Å²) in [6, 6.07) is 6.87. The predicted molar refractivity (Wildman–Crippen MR) is 122 cm³/mol. The first-order valence-corrected chi connectivity index (χ1v) is 10.6. The number of aliphatic hydroxyl groups excluding tert-OH is 1. The first-order valence-electron chi connectivity index (χ1n) is 10.6. The van der Waals surface area contributed by atoms with Crippen LogP contribution in [0.25, 0.3) is 0 Å². The number of hydrogen-bond donors (Lipinski definition) is 2. The molecule has 31 heavy (non-hydrogen) atoms. The lowest BCUT2D eigenvalue weighted by molar-refractivity contribution is -0.384. The van der Waals surface area contributed by atoms with Gasteiger partial charge in [-0.1, -0.05) is 12.1 Å². The van der Waals surface area contributed by atoms with Crippen LogP contribution in [-0.2, 0) is 11.3 Å². The molecule has 1 fully saturated rings. The number of benzene rings is 1. The second-order valence-electron chi connectivity index (χ2n) is 8.12. The van der Waals surface area contributed by atoms with E-state index in [0.717, 1.165) is 43.7 Å². The Hall–Kier alpha value is -2.33. The van der Waals surface area contributed by atoms with Crippen LogP contribution in [0.1, 0.15) is 31.7 Å². The number of rotatable bonds is 12. The molecule has 0 aromatic heterocycles. The molecule has 9 nitrogen and oxygen atoms in total. The van der Waals surface area contributed by atoms with Crippen molar-refractivity contribution in [2.24, 2.45) is 4.99 Å². The fourth-order valence-electron chi connectivity index (χ4n) is 3.65. The summed E-state index contributed by atoms with van der Waals surface area (Å²) in [4.78, 5) is 18.8. The Morgan fingerprint density at radius 3 is 2.68 bits per heavy atom. The zero-order valence-electron chi connectivity index (χ0n) is 18.7. The van der Waals surface area contributed by atoms with Crippen molar-refractivity contribution >= 4 is 12.4 Å². The van der Waals surface area contributed by atoms with Gasteiger partial charge in [0.15, 0.2) is 6.29 Å². The summed E-state index contributed by atoms with van der Waals surface area (Å²) in [7, 11) is 4.07. The van der Waals surface area contributed by atoms with E-state index in [0.29, 0.717) is 19.0 Å². The van der Waals surface area contributed by atoms with Crippen molar-refractivity contribution in [1.29, 1.82) is 0 Å². The van der Waals surface area contributed by atoms with Crippen molar-refractivity contribution in [1.82, 2.24) is 15.1 Å². The lowest BCUT2D eigenvalue weighted by Gasteiger charge is -2.36. The Kier molecular flexibility index (Phi) is 10.1. The molecule has 0 aliphatic carbocycles. The standard InChI is InChI=1S/C22H35N5O4/c1-17-13-21(14-22(28)31-17)26(4)11-9-19(23-2)16-25(3)12-10-24-15-18-5-7-20(8-6-18)27(29)30/h5-8,16-17,21-22,24,28H,2,9-15H2,1,3-4H3/b19-16-/t17-,21+,22-/m1/s1. The van der Waals surface area contributed by atoms with E-state index in [4.69, 9.17) is 4.74 Å². The molecule has 2 N–H and O–H groups in total. The number of nitro benzene ring substituents is 1. The number of aliphatic hydroxyl groups is 1. The van der Waals surface area contributed by atoms with Gasteiger partial charge in [-0.15, -0.1) is 0 Å². The van der Waals surface area contributed by atoms with Gasteiger partial charge in [0.2, 0.25) is 0 Å². The molecule has 2 rings (SSSR count). The second-order valence-corrected chi connectivity index (χ2v) is 8.12. The molecular weight excluding hydrogens is 398 g/mol. The van der Waals surface area contributed by atoms with E-state index in [-0.39, 0.29) is 11.8 Å². The van der Waals surface area contributed by atoms with Crippen LogP contribution < -0.4 is 5.32 Å². The van der Waals surface area contributed by atoms with Gasteiger partial charge in [0, 0.05) is 70.4 Å². The van der Waals surface area contributed by atoms with Gasteiger partial charge in [-0.25, -0.2) is 0 Å². The van der Waals surface area contributed by atoms with Gasteiger partial charge >= 0.3 is 0 Å². The minimum absolute atomic E-state index is 0.0633. The summed E-state index contributed by atoms with van der Waals surface area (Å²) in [6.45, 7) is 8.74. The molecule has 0 unspecified atom stereocenters. The fraction of sp³-hybridized carbons (Fsp3) is 0.591. The maximum Gasteiger partial charge on any atom is 0.269 e. The Bertz CT molecular complexity index is 730. The molecule has 1 heterocycles. The van der Waals surface area contributed by atoms with Gasteiger partial charge in [0.05, 0.1) is 16.7 Å². The first-order chi connectivity index (χ1) is 14.8. The van der Waals surface area contributed by atoms with Crippen LogP contribution in [0.4, 0.5) is 5.69 Å². The van der Waals surface area contributed by atoms with Crippen LogP contribution in [0.2, 0.25) is 0 Å². The fourth-order valence-corrected chi connectivity index (χ4v) is 3.65. The molecule has 1 saturated heterocycles. The summed E-state index contributed by atoms with van der Waals surface area (Å²) >= 11 is 0. The molecule has 9 heteroatoms. The Morgan fingerprint density at radius 2 is 2.06 bits per heavy atom. The van der Waals surface area contributed by atoms with E-state index in [1.54, 1.807) is 12.1 Å². The topological polar surface area (TPSA) is 103 Å². The molecule has 3 atom stereocenters. The Morgan fingerprint density at radius 1 is 1.35 bits per heavy atom. The van der Waals surface area contributed by atoms with Crippen molar-refractivity contribution in [2.75, 3.05) is 33.7 Å². The smallest absolute Gasteiger partial charge is 0.269 e. The molecule has 1 aliphatic rings. The van der Waals surface area contributed by atoms with E-state index in [1.165, 1.54) is 12.1 Å². The van der Waals surface area contributed by atoms with E-state index >= 15 is 0 Å². The van der Waals surface area contributed by atoms with Gasteiger partial charge in [0.1, 0.15) is 0 Å². The van der Waals surface area contributed by atoms with Crippen molar-refractivity contribution in [3.8, 4) is 0 Å². The van der Waals surface area contributed by atoms with Crippen LogP contribution in [0.5, 0.6) is 0 Å². The number of nitro groups is 1. The number of nitrogens with zero attached hydrogens (tertiary/aromatic N) is 4. The zero-order chi connectivity index (χ0) is 22.8. The number of likely N-dealkylation sites (N-methyl/N-ethyl adjacent to an activating group) is 1. The van der Waals surface area contributed by atoms with Crippen LogP contribution in [0.15, 0.2) is 41.2 Å². The quantitative estimate of drug-likeness (QED) is 0.226. The zero-order valence-corrected chi connectivity index (χ0v) is 18.7. The lowest BCUT2D eigenvalue weighted by Crippen LogP contribution is -2.43. The van der Waals surface area contributed by atoms with Crippen LogP contribution >= 0.6 is 0 Å². The molecular formula is C22H35N5O4. The van der Waals surface area contributed by atoms with Gasteiger partial charge < -0.3 is 25.0 Å². The van der Waals surface area contributed by atoms with Gasteiger partial charge in [0.25, 0.3) is 5.69 Å². The van der Waals surface area contributed by atoms with Gasteiger partial charge in [-0.2, -0.15) is 0 Å². The summed E-state index contributed by atoms with van der Waals surface area (Å²) in [5.41, 5.74) is 2.03. The molecule has 0 radical (unpaired) electrons. The Balaban J connectivity index is 1.71. The van der Waals surface area contributed by atoms with Crippen LogP contribution in [-0.4, -0.2) is 78.7 Å². The molecule has 172 valence electrons. The number of ether oxygens (including phenoxy) is 1. The third kappa shape index (κ3) is 8.74. The number of non-ortho nitro benzene ring substituents is 1. The average Bonchev–Trinajstić information content (AvgIpc) is 2.73. The monoisotopic (exact) mass is 433 g/mol. The third-order valence-electron chi connectivity index (χ3n) is 5.50. The van der Waals surface area contributed by atoms with Gasteiger partial charge in [-0.05, 0) is 32.7 Å². The van der Waals surface area contributed by atoms with Crippen molar-refractivity contribution in [2.45, 2.75) is 51.2 Å². The highest BCUT2D eigenvalue weighted by Gasteiger charge is 2.28. The third-order valence-corrected chi connectivity index (χ3v) is 5.50. The lowest BCUT2D eigenvalue weighted by atomic mass is 10.0. The maximum absolute atomic E-state index is 10.7. The van der Waals surface area contributed by atoms with Crippen LogP contribution in [0.3, 0.4) is 0 Å². The van der Waals surface area contributed by atoms with E-state index in [1.807, 2.05) is 20.2 Å². The number of hydrogen-bond acceptors (Lipinski definition) is 8. The minimum atomic E-state index is -0.687. The predicted octanol–water partition coefficient (Wildman–Crippen LogP) is 2.37. The number of aliphatic imine (C=N–C) groups is 1. The summed E-state index contributed by atoms with van der Waals surface area (Å²) in [5.74, 6) is 0. The van der Waals surface area contributed by atoms with Crippen molar-refractivity contribution in [3.05, 3.63) is 51.8 Å². The molecule has 1 aromatic rings. The maximum atomic E-state index is 10.7. The van der Waals surface area contributed by atoms with E-state index < -0.39 is 11.2 Å². The largest absolute Gasteiger partial charge is 0.378 e. The van der Waals surface area contributed by atoms with Crippen molar-refractivity contribution in [3.63, 3.8) is 0 Å². The first kappa shape index (κ1) is 24.9. The molecule has 1 aliphatic heterocycles. The van der Waals surface area contributed by atoms with Crippen molar-refractivity contribution < 1.29 is 14.8 Å². The highest BCUT2D eigenvalue weighted by molar-refractivity contribution is 5.32.